The second-order valence-electron chi connectivity index (χ2n) is 6.91. The number of aromatic nitrogens is 5. The van der Waals surface area contributed by atoms with Crippen LogP contribution in [0.1, 0.15) is 11.3 Å². The van der Waals surface area contributed by atoms with E-state index in [-0.39, 0.29) is 0 Å². The van der Waals surface area contributed by atoms with Gasteiger partial charge in [0.1, 0.15) is 12.0 Å². The Hall–Kier alpha value is -3.00. The van der Waals surface area contributed by atoms with Gasteiger partial charge in [-0.3, -0.25) is 4.98 Å². The van der Waals surface area contributed by atoms with Gasteiger partial charge >= 0.3 is 0 Å². The summed E-state index contributed by atoms with van der Waals surface area (Å²) in [6, 6.07) is 15.5. The van der Waals surface area contributed by atoms with Crippen LogP contribution in [0.5, 0.6) is 0 Å². The average molecular weight is 467 g/mol. The SMILES string of the molecule is Cc1cccc(-c2nc(NCc3cccc(Cl)c3Cl)sc2-c2ccc3ncnn3c2)n1. The molecule has 0 aliphatic rings. The molecule has 5 rings (SSSR count). The summed E-state index contributed by atoms with van der Waals surface area (Å²) in [5.41, 5.74) is 5.25. The molecular formula is C22H16Cl2N6S. The predicted molar refractivity (Wildman–Crippen MR) is 126 cm³/mol. The zero-order valence-corrected chi connectivity index (χ0v) is 18.7. The van der Waals surface area contributed by atoms with Gasteiger partial charge in [-0.15, -0.1) is 0 Å². The van der Waals surface area contributed by atoms with E-state index < -0.39 is 0 Å². The molecule has 0 atom stereocenters. The summed E-state index contributed by atoms with van der Waals surface area (Å²) >= 11 is 14.0. The quantitative estimate of drug-likeness (QED) is 0.336. The third-order valence-corrected chi connectivity index (χ3v) is 6.68. The smallest absolute Gasteiger partial charge is 0.184 e. The second kappa shape index (κ2) is 8.26. The van der Waals surface area contributed by atoms with E-state index in [1.807, 2.05) is 55.6 Å². The summed E-state index contributed by atoms with van der Waals surface area (Å²) in [5.74, 6) is 0. The summed E-state index contributed by atoms with van der Waals surface area (Å²) in [4.78, 5) is 14.8. The first-order valence-corrected chi connectivity index (χ1v) is 11.1. The number of thiazole rings is 1. The third-order valence-electron chi connectivity index (χ3n) is 4.76. The number of rotatable bonds is 5. The largest absolute Gasteiger partial charge is 0.357 e. The first-order chi connectivity index (χ1) is 15.1. The van der Waals surface area contributed by atoms with Gasteiger partial charge in [-0.2, -0.15) is 5.10 Å². The van der Waals surface area contributed by atoms with Crippen LogP contribution in [0.4, 0.5) is 5.13 Å². The number of aryl methyl sites for hydroxylation is 1. The lowest BCUT2D eigenvalue weighted by Gasteiger charge is -2.06. The Morgan fingerprint density at radius 2 is 1.90 bits per heavy atom. The highest BCUT2D eigenvalue weighted by molar-refractivity contribution is 7.19. The number of benzene rings is 1. The van der Waals surface area contributed by atoms with Gasteiger partial charge in [0.05, 0.1) is 20.6 Å². The minimum Gasteiger partial charge on any atom is -0.357 e. The van der Waals surface area contributed by atoms with Crippen molar-refractivity contribution in [1.82, 2.24) is 24.6 Å². The van der Waals surface area contributed by atoms with Gasteiger partial charge in [-0.25, -0.2) is 14.5 Å². The van der Waals surface area contributed by atoms with E-state index in [2.05, 4.69) is 20.4 Å². The molecule has 9 heteroatoms. The first-order valence-electron chi connectivity index (χ1n) is 9.50. The number of nitrogens with one attached hydrogen (secondary N) is 1. The third kappa shape index (κ3) is 3.99. The first kappa shape index (κ1) is 19.9. The molecule has 0 aliphatic heterocycles. The van der Waals surface area contributed by atoms with Crippen molar-refractivity contribution in [1.29, 1.82) is 0 Å². The van der Waals surface area contributed by atoms with Crippen molar-refractivity contribution in [3.05, 3.63) is 82.4 Å². The maximum Gasteiger partial charge on any atom is 0.184 e. The van der Waals surface area contributed by atoms with E-state index in [9.17, 15) is 0 Å². The summed E-state index contributed by atoms with van der Waals surface area (Å²) < 4.78 is 1.75. The van der Waals surface area contributed by atoms with Gasteiger partial charge in [0, 0.05) is 24.0 Å². The van der Waals surface area contributed by atoms with Gasteiger partial charge in [0.2, 0.25) is 0 Å². The van der Waals surface area contributed by atoms with Crippen LogP contribution in [0.15, 0.2) is 61.1 Å². The van der Waals surface area contributed by atoms with E-state index in [4.69, 9.17) is 28.2 Å². The standard InChI is InChI=1S/C22H16Cl2N6S/c1-13-4-2-7-17(28-13)20-21(15-8-9-18-26-12-27-30(18)11-15)31-22(29-20)25-10-14-5-3-6-16(23)19(14)24/h2-9,11-12H,10H2,1H3,(H,25,29). The van der Waals surface area contributed by atoms with Crippen LogP contribution in [0.25, 0.3) is 27.5 Å². The van der Waals surface area contributed by atoms with Crippen LogP contribution < -0.4 is 5.32 Å². The predicted octanol–water partition coefficient (Wildman–Crippen LogP) is 6.14. The van der Waals surface area contributed by atoms with Gasteiger partial charge in [0.15, 0.2) is 10.8 Å². The van der Waals surface area contributed by atoms with Crippen LogP contribution in [-0.4, -0.2) is 24.6 Å². The molecule has 6 nitrogen and oxygen atoms in total. The zero-order chi connectivity index (χ0) is 21.4. The van der Waals surface area contributed by atoms with Crippen LogP contribution in [-0.2, 0) is 6.54 Å². The molecule has 0 aliphatic carbocycles. The number of hydrogen-bond donors (Lipinski definition) is 1. The Labute approximate surface area is 192 Å². The monoisotopic (exact) mass is 466 g/mol. The highest BCUT2D eigenvalue weighted by Crippen LogP contribution is 2.39. The van der Waals surface area contributed by atoms with Crippen LogP contribution >= 0.6 is 34.5 Å². The maximum absolute atomic E-state index is 6.34. The Bertz CT molecular complexity index is 1390. The summed E-state index contributed by atoms with van der Waals surface area (Å²) in [6.07, 6.45) is 3.49. The topological polar surface area (TPSA) is 68.0 Å². The van der Waals surface area contributed by atoms with Gasteiger partial charge in [0.25, 0.3) is 0 Å². The molecule has 154 valence electrons. The lowest BCUT2D eigenvalue weighted by atomic mass is 10.1. The number of anilines is 1. The highest BCUT2D eigenvalue weighted by atomic mass is 35.5. The number of pyridine rings is 2. The molecule has 4 aromatic heterocycles. The molecule has 5 aromatic rings. The summed E-state index contributed by atoms with van der Waals surface area (Å²) in [6.45, 7) is 2.48. The Morgan fingerprint density at radius 3 is 2.77 bits per heavy atom. The average Bonchev–Trinajstić information content (AvgIpc) is 3.41. The Balaban J connectivity index is 1.55. The van der Waals surface area contributed by atoms with Crippen molar-refractivity contribution in [2.75, 3.05) is 5.32 Å². The van der Waals surface area contributed by atoms with Gasteiger partial charge < -0.3 is 5.32 Å². The molecular weight excluding hydrogens is 451 g/mol. The van der Waals surface area contributed by atoms with Gasteiger partial charge in [-0.1, -0.05) is 52.7 Å². The molecule has 1 N–H and O–H groups in total. The van der Waals surface area contributed by atoms with Crippen LogP contribution in [0, 0.1) is 6.92 Å². The molecule has 0 fully saturated rings. The van der Waals surface area contributed by atoms with Crippen molar-refractivity contribution < 1.29 is 0 Å². The van der Waals surface area contributed by atoms with Crippen molar-refractivity contribution >= 4 is 45.3 Å². The molecule has 31 heavy (non-hydrogen) atoms. The normalized spacial score (nSPS) is 11.2. The van der Waals surface area contributed by atoms with Gasteiger partial charge in [-0.05, 0) is 42.8 Å². The van der Waals surface area contributed by atoms with Crippen molar-refractivity contribution in [2.24, 2.45) is 0 Å². The van der Waals surface area contributed by atoms with E-state index in [0.717, 1.165) is 43.9 Å². The fourth-order valence-electron chi connectivity index (χ4n) is 3.25. The molecule has 0 amide bonds. The molecule has 0 spiro atoms. The molecule has 4 heterocycles. The molecule has 0 unspecified atom stereocenters. The molecule has 0 radical (unpaired) electrons. The summed E-state index contributed by atoms with van der Waals surface area (Å²) in [5, 5.41) is 9.48. The fourth-order valence-corrected chi connectivity index (χ4v) is 4.59. The molecule has 1 aromatic carbocycles. The lowest BCUT2D eigenvalue weighted by Crippen LogP contribution is -2.00. The van der Waals surface area contributed by atoms with E-state index in [1.54, 1.807) is 21.9 Å². The van der Waals surface area contributed by atoms with Crippen LogP contribution in [0.3, 0.4) is 0 Å². The minimum absolute atomic E-state index is 0.509. The highest BCUT2D eigenvalue weighted by Gasteiger charge is 2.17. The zero-order valence-electron chi connectivity index (χ0n) is 16.4. The van der Waals surface area contributed by atoms with E-state index >= 15 is 0 Å². The molecule has 0 saturated heterocycles. The number of nitrogens with zero attached hydrogens (tertiary/aromatic N) is 5. The number of hydrogen-bond acceptors (Lipinski definition) is 6. The second-order valence-corrected chi connectivity index (χ2v) is 8.69. The number of fused-ring (bicyclic) bond motifs is 1. The molecule has 0 bridgehead atoms. The minimum atomic E-state index is 0.509. The fraction of sp³-hybridized carbons (Fsp3) is 0.0909. The maximum atomic E-state index is 6.34. The van der Waals surface area contributed by atoms with E-state index in [1.165, 1.54) is 6.33 Å². The van der Waals surface area contributed by atoms with E-state index in [0.29, 0.717) is 16.6 Å². The van der Waals surface area contributed by atoms with Crippen molar-refractivity contribution in [3.63, 3.8) is 0 Å². The van der Waals surface area contributed by atoms with Crippen LogP contribution in [0.2, 0.25) is 10.0 Å². The van der Waals surface area contributed by atoms with Crippen molar-refractivity contribution in [2.45, 2.75) is 13.5 Å². The van der Waals surface area contributed by atoms with Crippen molar-refractivity contribution in [3.8, 4) is 21.8 Å². The Kier molecular flexibility index (Phi) is 5.31. The lowest BCUT2D eigenvalue weighted by molar-refractivity contribution is 0.963. The summed E-state index contributed by atoms with van der Waals surface area (Å²) in [7, 11) is 0. The Morgan fingerprint density at radius 1 is 1.03 bits per heavy atom. The molecule has 0 saturated carbocycles. The number of halogens is 2.